The zero-order chi connectivity index (χ0) is 21.6. The van der Waals surface area contributed by atoms with E-state index in [0.29, 0.717) is 29.2 Å². The van der Waals surface area contributed by atoms with Crippen LogP contribution in [0.4, 0.5) is 13.9 Å². The minimum absolute atomic E-state index is 0. The highest BCUT2D eigenvalue weighted by atomic mass is 35.5. The van der Waals surface area contributed by atoms with Crippen molar-refractivity contribution in [2.24, 2.45) is 0 Å². The third-order valence-corrected chi connectivity index (χ3v) is 6.39. The van der Waals surface area contributed by atoms with Gasteiger partial charge in [-0.15, -0.1) is 12.4 Å². The summed E-state index contributed by atoms with van der Waals surface area (Å²) < 4.78 is 33.6. The highest BCUT2D eigenvalue weighted by molar-refractivity contribution is 7.22. The first-order chi connectivity index (χ1) is 15.1. The molecule has 0 spiro atoms. The van der Waals surface area contributed by atoms with Gasteiger partial charge < -0.3 is 4.74 Å². The van der Waals surface area contributed by atoms with Gasteiger partial charge in [0.05, 0.1) is 17.9 Å². The Balaban J connectivity index is 0.00000289. The fourth-order valence-electron chi connectivity index (χ4n) is 3.70. The summed E-state index contributed by atoms with van der Waals surface area (Å²) in [6, 6.07) is 11.9. The fraction of sp³-hybridized carbons (Fsp3) is 0.391. The summed E-state index contributed by atoms with van der Waals surface area (Å²) in [6.07, 6.45) is 1.71. The van der Waals surface area contributed by atoms with Gasteiger partial charge in [-0.2, -0.15) is 0 Å². The van der Waals surface area contributed by atoms with Crippen LogP contribution in [0.2, 0.25) is 0 Å². The number of aryl methyl sites for hydroxylation is 1. The van der Waals surface area contributed by atoms with E-state index in [1.54, 1.807) is 4.90 Å². The molecule has 1 amide bonds. The summed E-state index contributed by atoms with van der Waals surface area (Å²) in [5, 5.41) is 0.416. The number of hydrogen-bond acceptors (Lipinski definition) is 5. The molecule has 32 heavy (non-hydrogen) atoms. The van der Waals surface area contributed by atoms with E-state index in [-0.39, 0.29) is 23.8 Å². The summed E-state index contributed by atoms with van der Waals surface area (Å²) in [5.41, 5.74) is 1.19. The maximum Gasteiger partial charge on any atom is 0.229 e. The molecule has 2 heterocycles. The Morgan fingerprint density at radius 3 is 2.66 bits per heavy atom. The second kappa shape index (κ2) is 11.7. The second-order valence-corrected chi connectivity index (χ2v) is 8.58. The minimum Gasteiger partial charge on any atom is -0.379 e. The summed E-state index contributed by atoms with van der Waals surface area (Å²) in [6.45, 7) is 4.54. The van der Waals surface area contributed by atoms with Crippen molar-refractivity contribution >= 4 is 45.0 Å². The molecule has 0 saturated carbocycles. The maximum absolute atomic E-state index is 14.2. The van der Waals surface area contributed by atoms with Crippen LogP contribution in [0, 0.1) is 11.6 Å². The number of thiazole rings is 1. The third kappa shape index (κ3) is 6.22. The predicted molar refractivity (Wildman–Crippen MR) is 126 cm³/mol. The number of benzene rings is 2. The lowest BCUT2D eigenvalue weighted by atomic mass is 10.1. The maximum atomic E-state index is 14.2. The van der Waals surface area contributed by atoms with Crippen molar-refractivity contribution in [2.75, 3.05) is 44.3 Å². The predicted octanol–water partition coefficient (Wildman–Crippen LogP) is 4.68. The molecule has 0 atom stereocenters. The number of hydrogen-bond donors (Lipinski definition) is 0. The average Bonchev–Trinajstić information content (AvgIpc) is 3.20. The number of aromatic nitrogens is 1. The molecule has 0 radical (unpaired) electrons. The summed E-state index contributed by atoms with van der Waals surface area (Å²) >= 11 is 1.15. The van der Waals surface area contributed by atoms with Gasteiger partial charge in [0.15, 0.2) is 10.9 Å². The SMILES string of the molecule is Cl.O=C(CCc1ccccc1)N(CCCN1CCOCC1)c1nc2c(F)cc(F)cc2s1. The van der Waals surface area contributed by atoms with E-state index in [9.17, 15) is 13.6 Å². The van der Waals surface area contributed by atoms with Gasteiger partial charge in [-0.3, -0.25) is 14.6 Å². The van der Waals surface area contributed by atoms with Crippen LogP contribution in [0.5, 0.6) is 0 Å². The van der Waals surface area contributed by atoms with Crippen LogP contribution in [0.3, 0.4) is 0 Å². The van der Waals surface area contributed by atoms with E-state index in [2.05, 4.69) is 9.88 Å². The zero-order valence-electron chi connectivity index (χ0n) is 17.6. The normalized spacial score (nSPS) is 14.3. The number of morpholine rings is 1. The first-order valence-electron chi connectivity index (χ1n) is 10.5. The van der Waals surface area contributed by atoms with Gasteiger partial charge in [-0.25, -0.2) is 13.8 Å². The Morgan fingerprint density at radius 2 is 1.91 bits per heavy atom. The molecule has 3 aromatic rings. The smallest absolute Gasteiger partial charge is 0.229 e. The molecule has 0 N–H and O–H groups in total. The number of carbonyl (C=O) groups excluding carboxylic acids is 1. The van der Waals surface area contributed by atoms with E-state index in [1.165, 1.54) is 6.07 Å². The van der Waals surface area contributed by atoms with E-state index in [4.69, 9.17) is 4.74 Å². The molecule has 1 aliphatic rings. The number of fused-ring (bicyclic) bond motifs is 1. The monoisotopic (exact) mass is 481 g/mol. The molecule has 0 unspecified atom stereocenters. The summed E-state index contributed by atoms with van der Waals surface area (Å²) in [7, 11) is 0. The molecule has 1 fully saturated rings. The molecule has 2 aromatic carbocycles. The van der Waals surface area contributed by atoms with Crippen LogP contribution in [-0.4, -0.2) is 55.2 Å². The molecule has 0 aliphatic carbocycles. The molecule has 5 nitrogen and oxygen atoms in total. The van der Waals surface area contributed by atoms with E-state index in [0.717, 1.165) is 62.2 Å². The quantitative estimate of drug-likeness (QED) is 0.468. The van der Waals surface area contributed by atoms with Gasteiger partial charge in [0.1, 0.15) is 11.3 Å². The van der Waals surface area contributed by atoms with Crippen molar-refractivity contribution in [3.8, 4) is 0 Å². The molecule has 1 saturated heterocycles. The van der Waals surface area contributed by atoms with Gasteiger partial charge in [0.25, 0.3) is 0 Å². The van der Waals surface area contributed by atoms with Crippen molar-refractivity contribution in [3.05, 3.63) is 59.7 Å². The Labute approximate surface area is 196 Å². The number of rotatable bonds is 8. The highest BCUT2D eigenvalue weighted by Crippen LogP contribution is 2.31. The zero-order valence-corrected chi connectivity index (χ0v) is 19.3. The molecule has 9 heteroatoms. The van der Waals surface area contributed by atoms with Gasteiger partial charge in [0, 0.05) is 38.7 Å². The molecular formula is C23H26ClF2N3O2S. The number of amides is 1. The fourth-order valence-corrected chi connectivity index (χ4v) is 4.74. The highest BCUT2D eigenvalue weighted by Gasteiger charge is 2.22. The van der Waals surface area contributed by atoms with E-state index >= 15 is 0 Å². The third-order valence-electron chi connectivity index (χ3n) is 5.36. The van der Waals surface area contributed by atoms with Crippen LogP contribution >= 0.6 is 23.7 Å². The Bertz CT molecular complexity index is 1030. The number of nitrogens with zero attached hydrogens (tertiary/aromatic N) is 3. The summed E-state index contributed by atoms with van der Waals surface area (Å²) in [4.78, 5) is 21.4. The van der Waals surface area contributed by atoms with Gasteiger partial charge in [-0.05, 0) is 24.5 Å². The lowest BCUT2D eigenvalue weighted by Crippen LogP contribution is -2.39. The van der Waals surface area contributed by atoms with Crippen molar-refractivity contribution in [2.45, 2.75) is 19.3 Å². The summed E-state index contributed by atoms with van der Waals surface area (Å²) in [5.74, 6) is -1.41. The first kappa shape index (κ1) is 24.5. The Hall–Kier alpha value is -2.13. The van der Waals surface area contributed by atoms with Gasteiger partial charge in [-0.1, -0.05) is 41.7 Å². The van der Waals surface area contributed by atoms with E-state index < -0.39 is 11.6 Å². The van der Waals surface area contributed by atoms with Crippen molar-refractivity contribution in [1.82, 2.24) is 9.88 Å². The van der Waals surface area contributed by atoms with Crippen molar-refractivity contribution in [3.63, 3.8) is 0 Å². The largest absolute Gasteiger partial charge is 0.379 e. The standard InChI is InChI=1S/C23H25F2N3O2S.ClH/c24-18-15-19(25)22-20(16-18)31-23(26-22)28(10-4-9-27-11-13-30-14-12-27)21(29)8-7-17-5-2-1-3-6-17;/h1-3,5-6,15-16H,4,7-14H2;1H. The van der Waals surface area contributed by atoms with Crippen LogP contribution in [0.1, 0.15) is 18.4 Å². The molecular weight excluding hydrogens is 456 g/mol. The van der Waals surface area contributed by atoms with E-state index in [1.807, 2.05) is 30.3 Å². The number of carbonyl (C=O) groups is 1. The van der Waals surface area contributed by atoms with Crippen LogP contribution < -0.4 is 4.90 Å². The first-order valence-corrected chi connectivity index (χ1v) is 11.3. The van der Waals surface area contributed by atoms with Crippen LogP contribution in [0.25, 0.3) is 10.2 Å². The second-order valence-electron chi connectivity index (χ2n) is 7.57. The Morgan fingerprint density at radius 1 is 1.16 bits per heavy atom. The van der Waals surface area contributed by atoms with Gasteiger partial charge in [0.2, 0.25) is 5.91 Å². The number of halogens is 3. The van der Waals surface area contributed by atoms with Crippen LogP contribution in [-0.2, 0) is 16.0 Å². The van der Waals surface area contributed by atoms with Crippen LogP contribution in [0.15, 0.2) is 42.5 Å². The minimum atomic E-state index is -0.706. The molecule has 1 aliphatic heterocycles. The lowest BCUT2D eigenvalue weighted by Gasteiger charge is -2.27. The van der Waals surface area contributed by atoms with Gasteiger partial charge >= 0.3 is 0 Å². The molecule has 0 bridgehead atoms. The Kier molecular flexibility index (Phi) is 8.92. The number of ether oxygens (including phenoxy) is 1. The molecule has 172 valence electrons. The number of anilines is 1. The van der Waals surface area contributed by atoms with Crippen molar-refractivity contribution < 1.29 is 18.3 Å². The molecule has 4 rings (SSSR count). The lowest BCUT2D eigenvalue weighted by molar-refractivity contribution is -0.118. The topological polar surface area (TPSA) is 45.7 Å². The average molecular weight is 482 g/mol. The molecule has 1 aromatic heterocycles. The van der Waals surface area contributed by atoms with Crippen molar-refractivity contribution in [1.29, 1.82) is 0 Å².